The van der Waals surface area contributed by atoms with Crippen LogP contribution >= 0.6 is 12.6 Å². The minimum Gasteiger partial charge on any atom is -0.490 e. The van der Waals surface area contributed by atoms with Crippen LogP contribution in [0.2, 0.25) is 0 Å². The number of thiol groups is 1. The van der Waals surface area contributed by atoms with Crippen LogP contribution in [0.4, 0.5) is 0 Å². The minimum absolute atomic E-state index is 0.0785. The molecule has 23 heavy (non-hydrogen) atoms. The SMILES string of the molecule is CC.CS.OCC(O)COc1cccc2[nH]c3ccccc3c12. The number of benzene rings is 2. The number of aliphatic hydroxyl groups is 2. The summed E-state index contributed by atoms with van der Waals surface area (Å²) < 4.78 is 5.61. The van der Waals surface area contributed by atoms with Crippen molar-refractivity contribution in [1.29, 1.82) is 0 Å². The molecule has 1 atom stereocenters. The molecule has 0 saturated heterocycles. The standard InChI is InChI=1S/C15H15NO3.C2H6.CH4S/c17-8-10(18)9-19-14-7-3-6-13-15(14)11-4-1-2-5-12(11)16-13;2*1-2/h1-7,10,16-18H,8-9H2;1-2H3;2H,1H3. The van der Waals surface area contributed by atoms with Gasteiger partial charge in [0.25, 0.3) is 0 Å². The highest BCUT2D eigenvalue weighted by Crippen LogP contribution is 2.32. The van der Waals surface area contributed by atoms with E-state index in [-0.39, 0.29) is 13.2 Å². The largest absolute Gasteiger partial charge is 0.490 e. The first-order chi connectivity index (χ1) is 11.3. The second-order valence-corrected chi connectivity index (χ2v) is 4.50. The number of H-pyrrole nitrogens is 1. The summed E-state index contributed by atoms with van der Waals surface area (Å²) in [5, 5.41) is 20.3. The predicted molar refractivity (Wildman–Crippen MR) is 101 cm³/mol. The van der Waals surface area contributed by atoms with Crippen molar-refractivity contribution < 1.29 is 14.9 Å². The van der Waals surface area contributed by atoms with Crippen LogP contribution in [-0.2, 0) is 0 Å². The third-order valence-corrected chi connectivity index (χ3v) is 3.13. The molecule has 0 bridgehead atoms. The van der Waals surface area contributed by atoms with Crippen LogP contribution in [0.15, 0.2) is 42.5 Å². The molecular formula is C18H25NO3S. The van der Waals surface area contributed by atoms with E-state index in [4.69, 9.17) is 9.84 Å². The zero-order valence-corrected chi connectivity index (χ0v) is 14.7. The van der Waals surface area contributed by atoms with E-state index in [0.717, 1.165) is 21.8 Å². The lowest BCUT2D eigenvalue weighted by atomic mass is 10.1. The van der Waals surface area contributed by atoms with Crippen LogP contribution in [0.25, 0.3) is 21.8 Å². The normalized spacial score (nSPS) is 11.2. The molecule has 3 rings (SSSR count). The molecule has 1 aromatic heterocycles. The second kappa shape index (κ2) is 10.2. The minimum atomic E-state index is -0.861. The van der Waals surface area contributed by atoms with Gasteiger partial charge in [-0.25, -0.2) is 0 Å². The summed E-state index contributed by atoms with van der Waals surface area (Å²) in [7, 11) is 0. The van der Waals surface area contributed by atoms with Crippen LogP contribution in [0, 0.1) is 0 Å². The van der Waals surface area contributed by atoms with Gasteiger partial charge in [0, 0.05) is 16.3 Å². The smallest absolute Gasteiger partial charge is 0.129 e. The van der Waals surface area contributed by atoms with Crippen molar-refractivity contribution in [3.05, 3.63) is 42.5 Å². The van der Waals surface area contributed by atoms with Gasteiger partial charge in [0.15, 0.2) is 0 Å². The van der Waals surface area contributed by atoms with Crippen molar-refractivity contribution >= 4 is 34.4 Å². The van der Waals surface area contributed by atoms with Gasteiger partial charge < -0.3 is 19.9 Å². The summed E-state index contributed by atoms with van der Waals surface area (Å²) in [4.78, 5) is 3.33. The Morgan fingerprint density at radius 2 is 1.70 bits per heavy atom. The summed E-state index contributed by atoms with van der Waals surface area (Å²) in [6.45, 7) is 3.78. The van der Waals surface area contributed by atoms with E-state index in [1.165, 1.54) is 0 Å². The lowest BCUT2D eigenvalue weighted by Gasteiger charge is -2.10. The number of hydrogen-bond donors (Lipinski definition) is 4. The van der Waals surface area contributed by atoms with E-state index in [0.29, 0.717) is 5.75 Å². The van der Waals surface area contributed by atoms with Crippen molar-refractivity contribution in [3.8, 4) is 5.75 Å². The van der Waals surface area contributed by atoms with Crippen LogP contribution in [-0.4, -0.2) is 40.8 Å². The first-order valence-electron chi connectivity index (χ1n) is 7.65. The fourth-order valence-corrected chi connectivity index (χ4v) is 2.23. The van der Waals surface area contributed by atoms with Gasteiger partial charge in [0.05, 0.1) is 12.1 Å². The van der Waals surface area contributed by atoms with Crippen molar-refractivity contribution in [2.75, 3.05) is 19.5 Å². The number of para-hydroxylation sites is 1. The Morgan fingerprint density at radius 3 is 2.39 bits per heavy atom. The molecule has 3 N–H and O–H groups in total. The lowest BCUT2D eigenvalue weighted by Crippen LogP contribution is -2.21. The Kier molecular flexibility index (Phi) is 8.55. The summed E-state index contributed by atoms with van der Waals surface area (Å²) in [5.74, 6) is 0.711. The van der Waals surface area contributed by atoms with Gasteiger partial charge >= 0.3 is 0 Å². The molecule has 1 unspecified atom stereocenters. The van der Waals surface area contributed by atoms with Crippen LogP contribution < -0.4 is 4.74 Å². The van der Waals surface area contributed by atoms with Gasteiger partial charge in [0.1, 0.15) is 18.5 Å². The van der Waals surface area contributed by atoms with E-state index in [9.17, 15) is 5.11 Å². The topological polar surface area (TPSA) is 65.5 Å². The van der Waals surface area contributed by atoms with Crippen molar-refractivity contribution in [2.45, 2.75) is 20.0 Å². The molecule has 5 heteroatoms. The summed E-state index contributed by atoms with van der Waals surface area (Å²) in [5.41, 5.74) is 2.05. The zero-order valence-electron chi connectivity index (χ0n) is 13.8. The third kappa shape index (κ3) is 4.64. The van der Waals surface area contributed by atoms with Gasteiger partial charge in [-0.05, 0) is 24.5 Å². The Balaban J connectivity index is 0.000000615. The molecule has 3 aromatic rings. The average Bonchev–Trinajstić information content (AvgIpc) is 3.02. The maximum atomic E-state index is 9.37. The molecule has 4 nitrogen and oxygen atoms in total. The number of ether oxygens (including phenoxy) is 1. The fraction of sp³-hybridized carbons (Fsp3) is 0.333. The maximum Gasteiger partial charge on any atom is 0.129 e. The monoisotopic (exact) mass is 335 g/mol. The lowest BCUT2D eigenvalue weighted by molar-refractivity contribution is 0.0541. The number of rotatable bonds is 4. The molecule has 2 aromatic carbocycles. The molecule has 0 aliphatic carbocycles. The predicted octanol–water partition coefficient (Wildman–Crippen LogP) is 3.63. The van der Waals surface area contributed by atoms with Crippen LogP contribution in [0.5, 0.6) is 5.75 Å². The molecule has 0 aliphatic rings. The second-order valence-electron chi connectivity index (χ2n) is 4.50. The van der Waals surface area contributed by atoms with Gasteiger partial charge in [0.2, 0.25) is 0 Å². The van der Waals surface area contributed by atoms with Gasteiger partial charge in [-0.3, -0.25) is 0 Å². The van der Waals surface area contributed by atoms with E-state index in [1.54, 1.807) is 6.26 Å². The summed E-state index contributed by atoms with van der Waals surface area (Å²) >= 11 is 3.53. The highest BCUT2D eigenvalue weighted by molar-refractivity contribution is 7.79. The van der Waals surface area contributed by atoms with Crippen LogP contribution in [0.3, 0.4) is 0 Å². The number of aromatic amines is 1. The van der Waals surface area contributed by atoms with Crippen molar-refractivity contribution in [1.82, 2.24) is 4.98 Å². The molecule has 0 fully saturated rings. The number of hydrogen-bond acceptors (Lipinski definition) is 4. The number of nitrogens with one attached hydrogen (secondary N) is 1. The highest BCUT2D eigenvalue weighted by atomic mass is 32.1. The molecule has 0 amide bonds. The first kappa shape index (κ1) is 19.4. The molecule has 126 valence electrons. The van der Waals surface area contributed by atoms with E-state index in [2.05, 4.69) is 17.6 Å². The molecule has 0 saturated carbocycles. The Hall–Kier alpha value is -1.69. The quantitative estimate of drug-likeness (QED) is 0.551. The molecule has 0 aliphatic heterocycles. The van der Waals surface area contributed by atoms with Crippen molar-refractivity contribution in [2.24, 2.45) is 0 Å². The Morgan fingerprint density at radius 1 is 1.04 bits per heavy atom. The Labute approximate surface area is 142 Å². The average molecular weight is 335 g/mol. The van der Waals surface area contributed by atoms with Crippen molar-refractivity contribution in [3.63, 3.8) is 0 Å². The molecule has 1 heterocycles. The van der Waals surface area contributed by atoms with Gasteiger partial charge in [-0.15, -0.1) is 0 Å². The van der Waals surface area contributed by atoms with E-state index >= 15 is 0 Å². The van der Waals surface area contributed by atoms with Gasteiger partial charge in [-0.2, -0.15) is 12.6 Å². The first-order valence-corrected chi connectivity index (χ1v) is 8.55. The van der Waals surface area contributed by atoms with Crippen LogP contribution in [0.1, 0.15) is 13.8 Å². The van der Waals surface area contributed by atoms with E-state index in [1.807, 2.05) is 56.3 Å². The van der Waals surface area contributed by atoms with Gasteiger partial charge in [-0.1, -0.05) is 38.1 Å². The Bertz CT molecular complexity index is 712. The maximum absolute atomic E-state index is 9.37. The van der Waals surface area contributed by atoms with E-state index < -0.39 is 6.10 Å². The third-order valence-electron chi connectivity index (χ3n) is 3.13. The fourth-order valence-electron chi connectivity index (χ4n) is 2.23. The molecule has 0 spiro atoms. The zero-order chi connectivity index (χ0) is 17.2. The summed E-state index contributed by atoms with van der Waals surface area (Å²) in [6, 6.07) is 13.8. The highest BCUT2D eigenvalue weighted by Gasteiger charge is 2.10. The number of aliphatic hydroxyl groups excluding tert-OH is 2. The summed E-state index contributed by atoms with van der Waals surface area (Å²) in [6.07, 6.45) is 0.834. The number of aromatic nitrogens is 1. The molecule has 0 radical (unpaired) electrons. The number of fused-ring (bicyclic) bond motifs is 3. The molecular weight excluding hydrogens is 310 g/mol.